The monoisotopic (exact) mass is 182 g/mol. The maximum absolute atomic E-state index is 5.33. The van der Waals surface area contributed by atoms with Crippen molar-refractivity contribution in [2.45, 2.75) is 19.8 Å². The second-order valence-corrected chi connectivity index (χ2v) is 3.58. The van der Waals surface area contributed by atoms with E-state index < -0.39 is 0 Å². The fourth-order valence-electron chi connectivity index (χ4n) is 1.61. The molecular formula is C11H18O2. The molecule has 0 unspecified atom stereocenters. The van der Waals surface area contributed by atoms with Gasteiger partial charge in [-0.15, -0.1) is 6.58 Å². The molecule has 1 saturated heterocycles. The third kappa shape index (κ3) is 2.98. The van der Waals surface area contributed by atoms with E-state index >= 15 is 0 Å². The van der Waals surface area contributed by atoms with Gasteiger partial charge in [0, 0.05) is 5.41 Å². The van der Waals surface area contributed by atoms with Gasteiger partial charge >= 0.3 is 0 Å². The van der Waals surface area contributed by atoms with Gasteiger partial charge in [0.1, 0.15) is 6.79 Å². The van der Waals surface area contributed by atoms with Crippen LogP contribution in [0.25, 0.3) is 0 Å². The molecule has 2 heteroatoms. The summed E-state index contributed by atoms with van der Waals surface area (Å²) in [6, 6.07) is 0. The molecule has 0 bridgehead atoms. The minimum Gasteiger partial charge on any atom is -0.355 e. The first kappa shape index (κ1) is 10.5. The van der Waals surface area contributed by atoms with Gasteiger partial charge in [-0.05, 0) is 19.8 Å². The normalized spacial score (nSPS) is 21.9. The largest absolute Gasteiger partial charge is 0.355 e. The third-order valence-corrected chi connectivity index (χ3v) is 2.35. The minimum atomic E-state index is 0.131. The zero-order valence-electron chi connectivity index (χ0n) is 8.29. The van der Waals surface area contributed by atoms with E-state index in [1.54, 1.807) is 0 Å². The number of hydrogen-bond acceptors (Lipinski definition) is 2. The second kappa shape index (κ2) is 5.20. The summed E-state index contributed by atoms with van der Waals surface area (Å²) in [5, 5.41) is 0. The quantitative estimate of drug-likeness (QED) is 0.622. The summed E-state index contributed by atoms with van der Waals surface area (Å²) in [5.74, 6) is 0. The molecule has 0 aromatic heterocycles. The van der Waals surface area contributed by atoms with Crippen LogP contribution >= 0.6 is 0 Å². The average Bonchev–Trinajstić information content (AvgIpc) is 2.17. The Kier molecular flexibility index (Phi) is 4.19. The molecule has 1 heterocycles. The van der Waals surface area contributed by atoms with Gasteiger partial charge in [-0.1, -0.05) is 18.2 Å². The maximum atomic E-state index is 5.33. The van der Waals surface area contributed by atoms with Crippen LogP contribution < -0.4 is 0 Å². The van der Waals surface area contributed by atoms with Gasteiger partial charge in [-0.2, -0.15) is 0 Å². The van der Waals surface area contributed by atoms with Crippen LogP contribution in [0.4, 0.5) is 0 Å². The molecule has 1 rings (SSSR count). The minimum absolute atomic E-state index is 0.131. The van der Waals surface area contributed by atoms with Gasteiger partial charge in [0.15, 0.2) is 0 Å². The summed E-state index contributed by atoms with van der Waals surface area (Å²) < 4.78 is 10.7. The lowest BCUT2D eigenvalue weighted by molar-refractivity contribution is -0.162. The molecule has 0 saturated carbocycles. The molecule has 2 nitrogen and oxygen atoms in total. The highest BCUT2D eigenvalue weighted by Gasteiger charge is 2.31. The molecule has 0 aromatic rings. The van der Waals surface area contributed by atoms with Crippen molar-refractivity contribution in [2.24, 2.45) is 5.41 Å². The topological polar surface area (TPSA) is 18.5 Å². The van der Waals surface area contributed by atoms with Gasteiger partial charge in [-0.25, -0.2) is 0 Å². The predicted molar refractivity (Wildman–Crippen MR) is 53.4 cm³/mol. The van der Waals surface area contributed by atoms with Crippen LogP contribution in [0.5, 0.6) is 0 Å². The first-order valence-electron chi connectivity index (χ1n) is 4.70. The summed E-state index contributed by atoms with van der Waals surface area (Å²) in [4.78, 5) is 0. The molecule has 1 aliphatic heterocycles. The van der Waals surface area contributed by atoms with E-state index in [1.807, 2.05) is 13.0 Å². The van der Waals surface area contributed by atoms with Crippen LogP contribution in [0, 0.1) is 5.41 Å². The lowest BCUT2D eigenvalue weighted by Gasteiger charge is -2.35. The Labute approximate surface area is 80.2 Å². The predicted octanol–water partition coefficient (Wildman–Crippen LogP) is 2.52. The van der Waals surface area contributed by atoms with Crippen molar-refractivity contribution in [2.75, 3.05) is 20.0 Å². The third-order valence-electron chi connectivity index (χ3n) is 2.35. The summed E-state index contributed by atoms with van der Waals surface area (Å²) in [5.41, 5.74) is 0.131. The first-order valence-corrected chi connectivity index (χ1v) is 4.70. The number of allylic oxidation sites excluding steroid dienone is 3. The van der Waals surface area contributed by atoms with E-state index in [9.17, 15) is 0 Å². The van der Waals surface area contributed by atoms with Gasteiger partial charge in [0.2, 0.25) is 0 Å². The molecule has 0 aromatic carbocycles. The highest BCUT2D eigenvalue weighted by molar-refractivity contribution is 4.94. The van der Waals surface area contributed by atoms with E-state index in [0.29, 0.717) is 6.79 Å². The highest BCUT2D eigenvalue weighted by atomic mass is 16.7. The van der Waals surface area contributed by atoms with E-state index in [2.05, 4.69) is 18.7 Å². The van der Waals surface area contributed by atoms with Crippen molar-refractivity contribution < 1.29 is 9.47 Å². The molecule has 0 aliphatic carbocycles. The molecule has 74 valence electrons. The molecule has 0 atom stereocenters. The summed E-state index contributed by atoms with van der Waals surface area (Å²) in [6.07, 6.45) is 8.15. The molecule has 0 amide bonds. The van der Waals surface area contributed by atoms with Crippen LogP contribution in [-0.2, 0) is 9.47 Å². The summed E-state index contributed by atoms with van der Waals surface area (Å²) in [6.45, 7) is 7.81. The maximum Gasteiger partial charge on any atom is 0.146 e. The number of hydrogen-bond donors (Lipinski definition) is 0. The molecule has 0 radical (unpaired) electrons. The van der Waals surface area contributed by atoms with Crippen molar-refractivity contribution in [3.63, 3.8) is 0 Å². The number of ether oxygens (including phenoxy) is 2. The number of rotatable bonds is 4. The average molecular weight is 182 g/mol. The Balaban J connectivity index is 2.54. The van der Waals surface area contributed by atoms with Crippen LogP contribution in [0.3, 0.4) is 0 Å². The van der Waals surface area contributed by atoms with E-state index in [1.165, 1.54) is 0 Å². The Morgan fingerprint density at radius 2 is 2.00 bits per heavy atom. The van der Waals surface area contributed by atoms with Crippen LogP contribution in [0.15, 0.2) is 24.8 Å². The Morgan fingerprint density at radius 1 is 1.31 bits per heavy atom. The van der Waals surface area contributed by atoms with Crippen molar-refractivity contribution >= 4 is 0 Å². The Hall–Kier alpha value is -0.600. The van der Waals surface area contributed by atoms with Crippen molar-refractivity contribution in [3.8, 4) is 0 Å². The fraction of sp³-hybridized carbons (Fsp3) is 0.636. The second-order valence-electron chi connectivity index (χ2n) is 3.58. The van der Waals surface area contributed by atoms with E-state index in [-0.39, 0.29) is 5.41 Å². The van der Waals surface area contributed by atoms with E-state index in [0.717, 1.165) is 26.1 Å². The summed E-state index contributed by atoms with van der Waals surface area (Å²) >= 11 is 0. The lowest BCUT2D eigenvalue weighted by Crippen LogP contribution is -2.36. The molecule has 0 N–H and O–H groups in total. The molecule has 1 aliphatic rings. The zero-order chi connectivity index (χ0) is 9.57. The standard InChI is InChI=1S/C11H18O2/c1-3-5-7-11(6-4-2)8-12-10-13-9-11/h3-5H,2,6-10H2,1H3/b5-3+. The van der Waals surface area contributed by atoms with Gasteiger partial charge in [0.05, 0.1) is 13.2 Å². The van der Waals surface area contributed by atoms with Crippen molar-refractivity contribution in [1.82, 2.24) is 0 Å². The van der Waals surface area contributed by atoms with Crippen LogP contribution in [0.2, 0.25) is 0 Å². The van der Waals surface area contributed by atoms with Gasteiger partial charge in [-0.3, -0.25) is 0 Å². The molecule has 13 heavy (non-hydrogen) atoms. The SMILES string of the molecule is C=CCC1(C/C=C/C)COCOC1. The highest BCUT2D eigenvalue weighted by Crippen LogP contribution is 2.31. The van der Waals surface area contributed by atoms with Crippen molar-refractivity contribution in [1.29, 1.82) is 0 Å². The Morgan fingerprint density at radius 3 is 2.54 bits per heavy atom. The van der Waals surface area contributed by atoms with Gasteiger partial charge < -0.3 is 9.47 Å². The van der Waals surface area contributed by atoms with Crippen LogP contribution in [0.1, 0.15) is 19.8 Å². The fourth-order valence-corrected chi connectivity index (χ4v) is 1.61. The van der Waals surface area contributed by atoms with E-state index in [4.69, 9.17) is 9.47 Å². The first-order chi connectivity index (χ1) is 6.33. The smallest absolute Gasteiger partial charge is 0.146 e. The molecule has 1 fully saturated rings. The molecular weight excluding hydrogens is 164 g/mol. The van der Waals surface area contributed by atoms with Crippen LogP contribution in [-0.4, -0.2) is 20.0 Å². The lowest BCUT2D eigenvalue weighted by atomic mass is 9.82. The van der Waals surface area contributed by atoms with Crippen molar-refractivity contribution in [3.05, 3.63) is 24.8 Å². The van der Waals surface area contributed by atoms with Gasteiger partial charge in [0.25, 0.3) is 0 Å². The molecule has 0 spiro atoms. The zero-order valence-corrected chi connectivity index (χ0v) is 8.29. The summed E-state index contributed by atoms with van der Waals surface area (Å²) in [7, 11) is 0. The Bertz CT molecular complexity index is 179.